The Morgan fingerprint density at radius 2 is 2.37 bits per heavy atom. The van der Waals surface area contributed by atoms with E-state index in [-0.39, 0.29) is 0 Å². The zero-order valence-electron chi connectivity index (χ0n) is 11.6. The summed E-state index contributed by atoms with van der Waals surface area (Å²) in [5, 5.41) is 7.98. The first-order valence-electron chi connectivity index (χ1n) is 7.12. The van der Waals surface area contributed by atoms with Gasteiger partial charge in [0.05, 0.1) is 11.7 Å². The molecule has 0 aliphatic heterocycles. The number of aryl methyl sites for hydroxylation is 3. The number of hydrogen-bond donors (Lipinski definition) is 1. The van der Waals surface area contributed by atoms with Crippen molar-refractivity contribution in [2.45, 2.75) is 38.6 Å². The molecule has 2 heterocycles. The van der Waals surface area contributed by atoms with Gasteiger partial charge in [-0.15, -0.1) is 11.3 Å². The van der Waals surface area contributed by atoms with Gasteiger partial charge in [0.1, 0.15) is 0 Å². The molecule has 0 aromatic carbocycles. The number of aromatic nitrogens is 2. The second-order valence-electron chi connectivity index (χ2n) is 5.22. The van der Waals surface area contributed by atoms with E-state index in [1.165, 1.54) is 29.8 Å². The fraction of sp³-hybridized carbons (Fsp3) is 0.533. The number of hydrogen-bond acceptors (Lipinski definition) is 3. The summed E-state index contributed by atoms with van der Waals surface area (Å²) in [6.07, 6.45) is 6.90. The van der Waals surface area contributed by atoms with Crippen molar-refractivity contribution in [2.24, 2.45) is 7.05 Å². The molecular formula is C15H21N3S. The summed E-state index contributed by atoms with van der Waals surface area (Å²) in [5.74, 6) is 0. The Kier molecular flexibility index (Phi) is 3.71. The lowest BCUT2D eigenvalue weighted by Gasteiger charge is -2.17. The minimum Gasteiger partial charge on any atom is -0.304 e. The first-order chi connectivity index (χ1) is 9.29. The third-order valence-electron chi connectivity index (χ3n) is 3.80. The van der Waals surface area contributed by atoms with Crippen LogP contribution in [0.15, 0.2) is 18.3 Å². The summed E-state index contributed by atoms with van der Waals surface area (Å²) in [7, 11) is 2.03. The lowest BCUT2D eigenvalue weighted by atomic mass is 10.1. The highest BCUT2D eigenvalue weighted by Crippen LogP contribution is 2.35. The van der Waals surface area contributed by atoms with Crippen molar-refractivity contribution >= 4 is 11.3 Å². The van der Waals surface area contributed by atoms with Crippen LogP contribution in [-0.2, 0) is 19.9 Å². The van der Waals surface area contributed by atoms with Crippen LogP contribution in [0.2, 0.25) is 0 Å². The molecule has 2 aromatic rings. The number of thiophene rings is 1. The summed E-state index contributed by atoms with van der Waals surface area (Å²) >= 11 is 1.98. The average Bonchev–Trinajstić information content (AvgIpc) is 3.06. The number of nitrogens with one attached hydrogen (secondary N) is 1. The molecule has 1 aliphatic carbocycles. The molecule has 3 nitrogen and oxygen atoms in total. The largest absolute Gasteiger partial charge is 0.304 e. The summed E-state index contributed by atoms with van der Waals surface area (Å²) in [5.41, 5.74) is 2.83. The monoisotopic (exact) mass is 275 g/mol. The molecule has 0 fully saturated rings. The van der Waals surface area contributed by atoms with Crippen molar-refractivity contribution in [3.8, 4) is 0 Å². The fourth-order valence-electron chi connectivity index (χ4n) is 2.80. The van der Waals surface area contributed by atoms with E-state index in [1.807, 2.05) is 29.3 Å². The molecule has 19 heavy (non-hydrogen) atoms. The quantitative estimate of drug-likeness (QED) is 0.909. The predicted molar refractivity (Wildman–Crippen MR) is 79.7 cm³/mol. The molecule has 0 bridgehead atoms. The van der Waals surface area contributed by atoms with Gasteiger partial charge in [-0.3, -0.25) is 4.68 Å². The normalized spacial score (nSPS) is 15.7. The van der Waals surface area contributed by atoms with E-state index >= 15 is 0 Å². The van der Waals surface area contributed by atoms with Gasteiger partial charge in [-0.25, -0.2) is 0 Å². The van der Waals surface area contributed by atoms with Crippen LogP contribution in [0.5, 0.6) is 0 Å². The summed E-state index contributed by atoms with van der Waals surface area (Å²) < 4.78 is 1.98. The lowest BCUT2D eigenvalue weighted by Crippen LogP contribution is -2.24. The zero-order valence-corrected chi connectivity index (χ0v) is 12.5. The molecule has 0 saturated heterocycles. The van der Waals surface area contributed by atoms with Gasteiger partial charge in [0.2, 0.25) is 0 Å². The van der Waals surface area contributed by atoms with Gasteiger partial charge >= 0.3 is 0 Å². The zero-order chi connectivity index (χ0) is 13.2. The average molecular weight is 275 g/mol. The smallest absolute Gasteiger partial charge is 0.0841 e. The maximum atomic E-state index is 4.32. The Balaban J connectivity index is 1.92. The number of nitrogens with zero attached hydrogens (tertiary/aromatic N) is 2. The van der Waals surface area contributed by atoms with Crippen LogP contribution in [-0.4, -0.2) is 16.3 Å². The van der Waals surface area contributed by atoms with Gasteiger partial charge in [-0.1, -0.05) is 6.92 Å². The Morgan fingerprint density at radius 3 is 3.05 bits per heavy atom. The van der Waals surface area contributed by atoms with Gasteiger partial charge in [0, 0.05) is 23.0 Å². The third-order valence-corrected chi connectivity index (χ3v) is 5.11. The van der Waals surface area contributed by atoms with Crippen LogP contribution in [0.25, 0.3) is 0 Å². The van der Waals surface area contributed by atoms with Gasteiger partial charge in [-0.05, 0) is 49.9 Å². The molecule has 0 saturated carbocycles. The van der Waals surface area contributed by atoms with Crippen molar-refractivity contribution in [3.05, 3.63) is 39.3 Å². The summed E-state index contributed by atoms with van der Waals surface area (Å²) in [6, 6.07) is 4.83. The van der Waals surface area contributed by atoms with Crippen LogP contribution < -0.4 is 5.32 Å². The third kappa shape index (κ3) is 2.47. The van der Waals surface area contributed by atoms with E-state index in [1.54, 1.807) is 10.4 Å². The number of rotatable bonds is 5. The number of fused-ring (bicyclic) bond motifs is 1. The molecular weight excluding hydrogens is 254 g/mol. The highest BCUT2D eigenvalue weighted by atomic mass is 32.1. The second-order valence-corrected chi connectivity index (χ2v) is 6.39. The maximum Gasteiger partial charge on any atom is 0.0841 e. The first-order valence-corrected chi connectivity index (χ1v) is 7.94. The van der Waals surface area contributed by atoms with Crippen LogP contribution in [0.3, 0.4) is 0 Å². The van der Waals surface area contributed by atoms with E-state index in [9.17, 15) is 0 Å². The van der Waals surface area contributed by atoms with E-state index < -0.39 is 0 Å². The molecule has 1 aliphatic rings. The van der Waals surface area contributed by atoms with Crippen LogP contribution in [0.1, 0.15) is 46.8 Å². The minimum absolute atomic E-state index is 0.294. The Morgan fingerprint density at radius 1 is 1.47 bits per heavy atom. The van der Waals surface area contributed by atoms with E-state index in [2.05, 4.69) is 29.5 Å². The molecule has 1 N–H and O–H groups in total. The molecule has 4 heteroatoms. The standard InChI is InChI=1S/C15H21N3S/c1-3-8-16-15(12-7-9-17-18(12)2)14-10-11-5-4-6-13(11)19-14/h7,9-10,15-16H,3-6,8H2,1-2H3. The minimum atomic E-state index is 0.294. The fourth-order valence-corrected chi connectivity index (χ4v) is 4.15. The van der Waals surface area contributed by atoms with Crippen molar-refractivity contribution in [3.63, 3.8) is 0 Å². The molecule has 2 aromatic heterocycles. The van der Waals surface area contributed by atoms with Crippen LogP contribution in [0, 0.1) is 0 Å². The van der Waals surface area contributed by atoms with Crippen molar-refractivity contribution in [1.29, 1.82) is 0 Å². The Bertz CT molecular complexity index is 534. The van der Waals surface area contributed by atoms with Gasteiger partial charge < -0.3 is 5.32 Å². The Labute approximate surface area is 118 Å². The van der Waals surface area contributed by atoms with Gasteiger partial charge in [-0.2, -0.15) is 5.10 Å². The molecule has 0 radical (unpaired) electrons. The molecule has 3 rings (SSSR count). The molecule has 0 spiro atoms. The lowest BCUT2D eigenvalue weighted by molar-refractivity contribution is 0.559. The molecule has 1 unspecified atom stereocenters. The molecule has 102 valence electrons. The van der Waals surface area contributed by atoms with Crippen molar-refractivity contribution in [2.75, 3.05) is 6.54 Å². The highest BCUT2D eigenvalue weighted by Gasteiger charge is 2.22. The topological polar surface area (TPSA) is 29.9 Å². The van der Waals surface area contributed by atoms with E-state index in [4.69, 9.17) is 0 Å². The summed E-state index contributed by atoms with van der Waals surface area (Å²) in [6.45, 7) is 3.25. The van der Waals surface area contributed by atoms with Crippen molar-refractivity contribution in [1.82, 2.24) is 15.1 Å². The predicted octanol–water partition coefficient (Wildman–Crippen LogP) is 3.06. The van der Waals surface area contributed by atoms with Gasteiger partial charge in [0.25, 0.3) is 0 Å². The SMILES string of the molecule is CCCNC(c1cc2c(s1)CCC2)c1ccnn1C. The van der Waals surface area contributed by atoms with E-state index in [0.29, 0.717) is 6.04 Å². The van der Waals surface area contributed by atoms with Crippen molar-refractivity contribution < 1.29 is 0 Å². The van der Waals surface area contributed by atoms with E-state index in [0.717, 1.165) is 13.0 Å². The maximum absolute atomic E-state index is 4.32. The van der Waals surface area contributed by atoms with Crippen LogP contribution >= 0.6 is 11.3 Å². The molecule has 0 amide bonds. The van der Waals surface area contributed by atoms with Crippen LogP contribution in [0.4, 0.5) is 0 Å². The van der Waals surface area contributed by atoms with Gasteiger partial charge in [0.15, 0.2) is 0 Å². The first kappa shape index (κ1) is 12.9. The Hall–Kier alpha value is -1.13. The molecule has 1 atom stereocenters. The highest BCUT2D eigenvalue weighted by molar-refractivity contribution is 7.12. The second kappa shape index (κ2) is 5.47. The summed E-state index contributed by atoms with van der Waals surface area (Å²) in [4.78, 5) is 3.04.